The van der Waals surface area contributed by atoms with Crippen LogP contribution in [-0.4, -0.2) is 31.4 Å². The van der Waals surface area contributed by atoms with Crippen molar-refractivity contribution in [3.05, 3.63) is 103 Å². The number of nitrogens with zero attached hydrogens (tertiary/aromatic N) is 4. The van der Waals surface area contributed by atoms with Gasteiger partial charge in [0.2, 0.25) is 5.91 Å². The summed E-state index contributed by atoms with van der Waals surface area (Å²) in [4.78, 5) is 29.3. The van der Waals surface area contributed by atoms with Crippen LogP contribution in [0, 0.1) is 0 Å². The molecule has 2 aromatic carbocycles. The van der Waals surface area contributed by atoms with Gasteiger partial charge in [0.1, 0.15) is 5.25 Å². The molecule has 0 bridgehead atoms. The maximum absolute atomic E-state index is 13.4. The summed E-state index contributed by atoms with van der Waals surface area (Å²) < 4.78 is 1.92. The van der Waals surface area contributed by atoms with Crippen molar-refractivity contribution in [2.45, 2.75) is 23.9 Å². The molecule has 0 fully saturated rings. The molecule has 2 aromatic heterocycles. The fourth-order valence-electron chi connectivity index (χ4n) is 3.41. The van der Waals surface area contributed by atoms with Gasteiger partial charge in [-0.15, -0.1) is 16.8 Å². The number of pyridine rings is 1. The molecule has 0 radical (unpaired) electrons. The molecule has 0 saturated heterocycles. The third kappa shape index (κ3) is 5.29. The van der Waals surface area contributed by atoms with Crippen LogP contribution in [0.5, 0.6) is 0 Å². The van der Waals surface area contributed by atoms with Gasteiger partial charge >= 0.3 is 0 Å². The number of nitrogens with one attached hydrogen (secondary N) is 1. The molecule has 0 aliphatic heterocycles. The zero-order valence-electron chi connectivity index (χ0n) is 18.6. The fraction of sp³-hybridized carbons (Fsp3) is 0.115. The van der Waals surface area contributed by atoms with Gasteiger partial charge in [0, 0.05) is 35.8 Å². The number of allylic oxidation sites excluding steroid dienone is 1. The van der Waals surface area contributed by atoms with Gasteiger partial charge in [-0.05, 0) is 36.8 Å². The Morgan fingerprint density at radius 2 is 1.82 bits per heavy atom. The largest absolute Gasteiger partial charge is 0.325 e. The van der Waals surface area contributed by atoms with Crippen LogP contribution in [0.4, 0.5) is 5.69 Å². The summed E-state index contributed by atoms with van der Waals surface area (Å²) in [5, 5.41) is 11.7. The Hall–Kier alpha value is -4.04. The van der Waals surface area contributed by atoms with E-state index in [2.05, 4.69) is 27.1 Å². The topological polar surface area (TPSA) is 89.8 Å². The second-order valence-corrected chi connectivity index (χ2v) is 8.55. The van der Waals surface area contributed by atoms with Crippen molar-refractivity contribution in [2.24, 2.45) is 0 Å². The number of rotatable bonds is 9. The molecule has 8 heteroatoms. The van der Waals surface area contributed by atoms with Crippen molar-refractivity contribution < 1.29 is 9.59 Å². The van der Waals surface area contributed by atoms with Crippen LogP contribution in [0.3, 0.4) is 0 Å². The first-order chi connectivity index (χ1) is 16.6. The first-order valence-electron chi connectivity index (χ1n) is 10.6. The van der Waals surface area contributed by atoms with E-state index in [1.165, 1.54) is 18.7 Å². The Bertz CT molecular complexity index is 1310. The minimum Gasteiger partial charge on any atom is -0.325 e. The van der Waals surface area contributed by atoms with Gasteiger partial charge in [-0.1, -0.05) is 60.3 Å². The predicted molar refractivity (Wildman–Crippen MR) is 134 cm³/mol. The molecule has 7 nitrogen and oxygen atoms in total. The van der Waals surface area contributed by atoms with Gasteiger partial charge in [0.05, 0.1) is 0 Å². The molecule has 0 aliphatic rings. The highest BCUT2D eigenvalue weighted by Gasteiger charge is 2.26. The number of hydrogen-bond donors (Lipinski definition) is 1. The summed E-state index contributed by atoms with van der Waals surface area (Å²) >= 11 is 1.31. The Morgan fingerprint density at radius 1 is 1.06 bits per heavy atom. The number of Topliss-reactive ketones (excluding diaryl/α,β-unsaturated/α-hetero) is 1. The van der Waals surface area contributed by atoms with E-state index in [4.69, 9.17) is 0 Å². The Labute approximate surface area is 202 Å². The van der Waals surface area contributed by atoms with E-state index >= 15 is 0 Å². The molecule has 1 N–H and O–H groups in total. The Balaban J connectivity index is 1.67. The minimum absolute atomic E-state index is 0.0637. The van der Waals surface area contributed by atoms with Crippen molar-refractivity contribution >= 4 is 29.1 Å². The highest BCUT2D eigenvalue weighted by atomic mass is 32.2. The average molecular weight is 470 g/mol. The SMILES string of the molecule is C=CCn1c(S[C@@H](C(=O)Nc2cccc(C(C)=O)c2)c2ccccc2)nnc1-c1ccncc1. The molecule has 0 aliphatic carbocycles. The van der Waals surface area contributed by atoms with E-state index in [1.54, 1.807) is 42.7 Å². The maximum atomic E-state index is 13.4. The summed E-state index contributed by atoms with van der Waals surface area (Å²) in [6.45, 7) is 5.84. The fourth-order valence-corrected chi connectivity index (χ4v) is 4.46. The lowest BCUT2D eigenvalue weighted by atomic mass is 10.1. The molecule has 34 heavy (non-hydrogen) atoms. The lowest BCUT2D eigenvalue weighted by molar-refractivity contribution is -0.115. The number of hydrogen-bond acceptors (Lipinski definition) is 6. The quantitative estimate of drug-likeness (QED) is 0.206. The summed E-state index contributed by atoms with van der Waals surface area (Å²) in [7, 11) is 0. The van der Waals surface area contributed by atoms with E-state index in [1.807, 2.05) is 47.0 Å². The van der Waals surface area contributed by atoms with E-state index in [-0.39, 0.29) is 11.7 Å². The third-order valence-corrected chi connectivity index (χ3v) is 6.30. The van der Waals surface area contributed by atoms with Crippen molar-refractivity contribution in [3.63, 3.8) is 0 Å². The van der Waals surface area contributed by atoms with Crippen molar-refractivity contribution in [1.29, 1.82) is 0 Å². The second kappa shape index (κ2) is 10.7. The lowest BCUT2D eigenvalue weighted by Crippen LogP contribution is -2.20. The number of anilines is 1. The Kier molecular flexibility index (Phi) is 7.29. The van der Waals surface area contributed by atoms with Crippen molar-refractivity contribution in [3.8, 4) is 11.4 Å². The van der Waals surface area contributed by atoms with Crippen LogP contribution in [0.15, 0.2) is 96.9 Å². The summed E-state index contributed by atoms with van der Waals surface area (Å²) in [5.74, 6) is 0.382. The maximum Gasteiger partial charge on any atom is 0.242 e. The van der Waals surface area contributed by atoms with Crippen LogP contribution in [0.2, 0.25) is 0 Å². The highest BCUT2D eigenvalue weighted by molar-refractivity contribution is 8.00. The monoisotopic (exact) mass is 469 g/mol. The number of amides is 1. The number of carbonyl (C=O) groups excluding carboxylic acids is 2. The molecule has 1 atom stereocenters. The standard InChI is InChI=1S/C26H23N5O2S/c1-3-16-31-24(20-12-14-27-15-13-20)29-30-26(31)34-23(19-8-5-4-6-9-19)25(33)28-22-11-7-10-21(17-22)18(2)32/h3-15,17,23H,1,16H2,2H3,(H,28,33)/t23-/m1/s1. The van der Waals surface area contributed by atoms with Gasteiger partial charge in [0.25, 0.3) is 0 Å². The van der Waals surface area contributed by atoms with E-state index in [0.29, 0.717) is 28.8 Å². The van der Waals surface area contributed by atoms with Crippen LogP contribution in [0.1, 0.15) is 28.1 Å². The van der Waals surface area contributed by atoms with Crippen LogP contribution < -0.4 is 5.32 Å². The normalized spacial score (nSPS) is 11.6. The predicted octanol–water partition coefficient (Wildman–Crippen LogP) is 5.20. The van der Waals surface area contributed by atoms with Crippen molar-refractivity contribution in [2.75, 3.05) is 5.32 Å². The van der Waals surface area contributed by atoms with Crippen LogP contribution in [-0.2, 0) is 11.3 Å². The van der Waals surface area contributed by atoms with Gasteiger partial charge in [-0.2, -0.15) is 0 Å². The van der Waals surface area contributed by atoms with Gasteiger partial charge in [-0.25, -0.2) is 0 Å². The number of benzene rings is 2. The zero-order chi connectivity index (χ0) is 23.9. The zero-order valence-corrected chi connectivity index (χ0v) is 19.4. The van der Waals surface area contributed by atoms with Gasteiger partial charge in [-0.3, -0.25) is 19.1 Å². The molecule has 0 saturated carbocycles. The molecule has 170 valence electrons. The van der Waals surface area contributed by atoms with Crippen LogP contribution in [0.25, 0.3) is 11.4 Å². The van der Waals surface area contributed by atoms with Crippen molar-refractivity contribution in [1.82, 2.24) is 19.7 Å². The first-order valence-corrected chi connectivity index (χ1v) is 11.5. The number of aromatic nitrogens is 4. The number of thioether (sulfide) groups is 1. The Morgan fingerprint density at radius 3 is 2.53 bits per heavy atom. The van der Waals surface area contributed by atoms with Gasteiger partial charge < -0.3 is 5.32 Å². The van der Waals surface area contributed by atoms with Gasteiger partial charge in [0.15, 0.2) is 16.8 Å². The minimum atomic E-state index is -0.597. The van der Waals surface area contributed by atoms with Crippen LogP contribution >= 0.6 is 11.8 Å². The highest BCUT2D eigenvalue weighted by Crippen LogP contribution is 2.37. The summed E-state index contributed by atoms with van der Waals surface area (Å²) in [6, 6.07) is 20.1. The number of ketones is 1. The van der Waals surface area contributed by atoms with E-state index in [0.717, 1.165) is 11.1 Å². The first kappa shape index (κ1) is 23.1. The molecule has 2 heterocycles. The molecule has 0 spiro atoms. The second-order valence-electron chi connectivity index (χ2n) is 7.48. The molecule has 4 rings (SSSR count). The summed E-state index contributed by atoms with van der Waals surface area (Å²) in [6.07, 6.45) is 5.16. The molecule has 1 amide bonds. The summed E-state index contributed by atoms with van der Waals surface area (Å²) in [5.41, 5.74) is 2.79. The lowest BCUT2D eigenvalue weighted by Gasteiger charge is -2.17. The average Bonchev–Trinajstić information content (AvgIpc) is 3.26. The molecular weight excluding hydrogens is 446 g/mol. The third-order valence-electron chi connectivity index (χ3n) is 5.07. The number of carbonyl (C=O) groups is 2. The molecule has 0 unspecified atom stereocenters. The molecule has 4 aromatic rings. The van der Waals surface area contributed by atoms with E-state index < -0.39 is 5.25 Å². The van der Waals surface area contributed by atoms with E-state index in [9.17, 15) is 9.59 Å². The molecular formula is C26H23N5O2S. The smallest absolute Gasteiger partial charge is 0.242 e.